The molecule has 2 aromatic carbocycles. The summed E-state index contributed by atoms with van der Waals surface area (Å²) in [7, 11) is 0. The number of rotatable bonds is 7. The SMILES string of the molecule is NC(=O)CNC(=O)CN1Cc2ccc(NCc3c(Cl)cccc3Cl)cc2C1=O. The summed E-state index contributed by atoms with van der Waals surface area (Å²) in [4.78, 5) is 36.6. The third kappa shape index (κ3) is 4.55. The Labute approximate surface area is 171 Å². The van der Waals surface area contributed by atoms with Crippen LogP contribution >= 0.6 is 23.2 Å². The minimum Gasteiger partial charge on any atom is -0.381 e. The smallest absolute Gasteiger partial charge is 0.255 e. The fourth-order valence-electron chi connectivity index (χ4n) is 2.91. The number of nitrogens with zero attached hydrogens (tertiary/aromatic N) is 1. The largest absolute Gasteiger partial charge is 0.381 e. The van der Waals surface area contributed by atoms with Crippen molar-refractivity contribution >= 4 is 46.6 Å². The predicted octanol–water partition coefficient (Wildman–Crippen LogP) is 2.16. The Bertz CT molecular complexity index is 929. The number of hydrogen-bond donors (Lipinski definition) is 3. The highest BCUT2D eigenvalue weighted by Crippen LogP contribution is 2.28. The van der Waals surface area contributed by atoms with E-state index in [1.165, 1.54) is 4.90 Å². The van der Waals surface area contributed by atoms with Gasteiger partial charge in [0, 0.05) is 39.9 Å². The van der Waals surface area contributed by atoms with Crippen molar-refractivity contribution in [2.75, 3.05) is 18.4 Å². The number of nitrogens with two attached hydrogens (primary N) is 1. The van der Waals surface area contributed by atoms with E-state index in [1.54, 1.807) is 24.3 Å². The van der Waals surface area contributed by atoms with Gasteiger partial charge in [-0.1, -0.05) is 35.3 Å². The van der Waals surface area contributed by atoms with Gasteiger partial charge in [-0.15, -0.1) is 0 Å². The van der Waals surface area contributed by atoms with Crippen molar-refractivity contribution < 1.29 is 14.4 Å². The van der Waals surface area contributed by atoms with Gasteiger partial charge in [-0.25, -0.2) is 0 Å². The van der Waals surface area contributed by atoms with Crippen LogP contribution in [0.5, 0.6) is 0 Å². The van der Waals surface area contributed by atoms with E-state index in [2.05, 4.69) is 10.6 Å². The van der Waals surface area contributed by atoms with Crippen molar-refractivity contribution in [1.82, 2.24) is 10.2 Å². The zero-order valence-corrected chi connectivity index (χ0v) is 16.3. The molecule has 0 aliphatic carbocycles. The fraction of sp³-hybridized carbons (Fsp3) is 0.211. The predicted molar refractivity (Wildman–Crippen MR) is 107 cm³/mol. The Balaban J connectivity index is 1.65. The van der Waals surface area contributed by atoms with Crippen LogP contribution in [0, 0.1) is 0 Å². The molecule has 0 aromatic heterocycles. The number of primary amides is 1. The number of halogens is 2. The van der Waals surface area contributed by atoms with E-state index < -0.39 is 11.8 Å². The highest BCUT2D eigenvalue weighted by atomic mass is 35.5. The van der Waals surface area contributed by atoms with Crippen molar-refractivity contribution in [2.24, 2.45) is 5.73 Å². The molecule has 0 saturated heterocycles. The molecule has 0 radical (unpaired) electrons. The van der Waals surface area contributed by atoms with Gasteiger partial charge in [0.15, 0.2) is 0 Å². The lowest BCUT2D eigenvalue weighted by Crippen LogP contribution is -2.40. The van der Waals surface area contributed by atoms with Crippen LogP contribution in [-0.4, -0.2) is 35.7 Å². The maximum atomic E-state index is 12.6. The third-order valence-corrected chi connectivity index (χ3v) is 5.02. The third-order valence-electron chi connectivity index (χ3n) is 4.31. The molecule has 146 valence electrons. The van der Waals surface area contributed by atoms with E-state index >= 15 is 0 Å². The fourth-order valence-corrected chi connectivity index (χ4v) is 3.44. The molecule has 1 heterocycles. The summed E-state index contributed by atoms with van der Waals surface area (Å²) in [6.45, 7) is 0.338. The molecule has 1 aliphatic rings. The molecule has 7 nitrogen and oxygen atoms in total. The first-order valence-electron chi connectivity index (χ1n) is 8.49. The summed E-state index contributed by atoms with van der Waals surface area (Å²) >= 11 is 12.3. The van der Waals surface area contributed by atoms with Gasteiger partial charge < -0.3 is 21.3 Å². The van der Waals surface area contributed by atoms with Crippen LogP contribution in [0.15, 0.2) is 36.4 Å². The molecule has 0 atom stereocenters. The monoisotopic (exact) mass is 420 g/mol. The van der Waals surface area contributed by atoms with Crippen molar-refractivity contribution in [1.29, 1.82) is 0 Å². The molecule has 9 heteroatoms. The zero-order chi connectivity index (χ0) is 20.3. The Hall–Kier alpha value is -2.77. The molecule has 3 rings (SSSR count). The minimum absolute atomic E-state index is 0.140. The van der Waals surface area contributed by atoms with Crippen LogP contribution < -0.4 is 16.4 Å². The van der Waals surface area contributed by atoms with Crippen molar-refractivity contribution in [2.45, 2.75) is 13.1 Å². The number of anilines is 1. The Kier molecular flexibility index (Phi) is 6.06. The highest BCUT2D eigenvalue weighted by molar-refractivity contribution is 6.36. The summed E-state index contributed by atoms with van der Waals surface area (Å²) in [6, 6.07) is 10.7. The minimum atomic E-state index is -0.640. The van der Waals surface area contributed by atoms with Crippen LogP contribution in [0.25, 0.3) is 0 Å². The van der Waals surface area contributed by atoms with Crippen LogP contribution in [-0.2, 0) is 22.7 Å². The first kappa shape index (κ1) is 20.0. The lowest BCUT2D eigenvalue weighted by molar-refractivity contribution is -0.125. The molecule has 4 N–H and O–H groups in total. The average molecular weight is 421 g/mol. The van der Waals surface area contributed by atoms with Gasteiger partial charge in [-0.05, 0) is 29.8 Å². The van der Waals surface area contributed by atoms with E-state index in [0.29, 0.717) is 28.7 Å². The average Bonchev–Trinajstić information content (AvgIpc) is 2.95. The van der Waals surface area contributed by atoms with Crippen molar-refractivity contribution in [3.63, 3.8) is 0 Å². The standard InChI is InChI=1S/C19H18Cl2N4O3/c20-15-2-1-3-16(21)14(15)7-23-12-5-4-11-9-25(19(28)13(11)6-12)10-18(27)24-8-17(22)26/h1-6,23H,7-10H2,(H2,22,26)(H,24,27). The topological polar surface area (TPSA) is 105 Å². The molecule has 2 aromatic rings. The van der Waals surface area contributed by atoms with Gasteiger partial charge in [0.25, 0.3) is 5.91 Å². The summed E-state index contributed by atoms with van der Waals surface area (Å²) in [5, 5.41) is 6.70. The van der Waals surface area contributed by atoms with Gasteiger partial charge in [0.2, 0.25) is 11.8 Å². The van der Waals surface area contributed by atoms with Crippen LogP contribution in [0.3, 0.4) is 0 Å². The summed E-state index contributed by atoms with van der Waals surface area (Å²) in [5.41, 5.74) is 7.85. The van der Waals surface area contributed by atoms with Gasteiger partial charge in [0.1, 0.15) is 6.54 Å². The number of fused-ring (bicyclic) bond motifs is 1. The molecule has 0 bridgehead atoms. The Morgan fingerprint density at radius 3 is 2.54 bits per heavy atom. The van der Waals surface area contributed by atoms with Crippen molar-refractivity contribution in [3.8, 4) is 0 Å². The maximum Gasteiger partial charge on any atom is 0.255 e. The zero-order valence-electron chi connectivity index (χ0n) is 14.8. The summed E-state index contributed by atoms with van der Waals surface area (Å²) in [5.74, 6) is -1.32. The van der Waals surface area contributed by atoms with Gasteiger partial charge in [-0.2, -0.15) is 0 Å². The maximum absolute atomic E-state index is 12.6. The first-order valence-corrected chi connectivity index (χ1v) is 9.24. The number of nitrogens with one attached hydrogen (secondary N) is 2. The molecule has 1 aliphatic heterocycles. The van der Waals surface area contributed by atoms with Crippen LogP contribution in [0.2, 0.25) is 10.0 Å². The van der Waals surface area contributed by atoms with E-state index in [0.717, 1.165) is 16.8 Å². The lowest BCUT2D eigenvalue weighted by atomic mass is 10.1. The molecular weight excluding hydrogens is 403 g/mol. The second-order valence-electron chi connectivity index (χ2n) is 6.33. The van der Waals surface area contributed by atoms with Gasteiger partial charge >= 0.3 is 0 Å². The van der Waals surface area contributed by atoms with E-state index in [4.69, 9.17) is 28.9 Å². The molecule has 28 heavy (non-hydrogen) atoms. The Morgan fingerprint density at radius 1 is 1.14 bits per heavy atom. The summed E-state index contributed by atoms with van der Waals surface area (Å²) in [6.07, 6.45) is 0. The number of carbonyl (C=O) groups excluding carboxylic acids is 3. The van der Waals surface area contributed by atoms with Crippen molar-refractivity contribution in [3.05, 3.63) is 63.1 Å². The first-order chi connectivity index (χ1) is 13.3. The van der Waals surface area contributed by atoms with Gasteiger partial charge in [-0.3, -0.25) is 14.4 Å². The number of benzene rings is 2. The normalized spacial score (nSPS) is 12.6. The van der Waals surface area contributed by atoms with E-state index in [9.17, 15) is 14.4 Å². The van der Waals surface area contributed by atoms with Crippen LogP contribution in [0.1, 0.15) is 21.5 Å². The van der Waals surface area contributed by atoms with Crippen LogP contribution in [0.4, 0.5) is 5.69 Å². The molecule has 3 amide bonds. The molecule has 0 spiro atoms. The highest BCUT2D eigenvalue weighted by Gasteiger charge is 2.29. The molecule has 0 unspecified atom stereocenters. The number of hydrogen-bond acceptors (Lipinski definition) is 4. The second kappa shape index (κ2) is 8.50. The molecule has 0 saturated carbocycles. The molecular formula is C19H18Cl2N4O3. The van der Waals surface area contributed by atoms with E-state index in [-0.39, 0.29) is 19.0 Å². The Morgan fingerprint density at radius 2 is 1.86 bits per heavy atom. The quantitative estimate of drug-likeness (QED) is 0.637. The number of amides is 3. The van der Waals surface area contributed by atoms with E-state index in [1.807, 2.05) is 12.1 Å². The second-order valence-corrected chi connectivity index (χ2v) is 7.14. The number of carbonyl (C=O) groups is 3. The molecule has 0 fully saturated rings. The summed E-state index contributed by atoms with van der Waals surface area (Å²) < 4.78 is 0. The lowest BCUT2D eigenvalue weighted by Gasteiger charge is -2.14. The van der Waals surface area contributed by atoms with Gasteiger partial charge in [0.05, 0.1) is 6.54 Å².